The Balaban J connectivity index is 2.28. The Morgan fingerprint density at radius 3 is 2.22 bits per heavy atom. The van der Waals surface area contributed by atoms with Crippen LogP contribution in [0.4, 0.5) is 11.5 Å². The van der Waals surface area contributed by atoms with E-state index in [0.717, 1.165) is 0 Å². The largest absolute Gasteiger partial charge is 0.346 e. The van der Waals surface area contributed by atoms with Gasteiger partial charge in [-0.25, -0.2) is 9.97 Å². The van der Waals surface area contributed by atoms with E-state index in [1.807, 2.05) is 20.8 Å². The fourth-order valence-corrected chi connectivity index (χ4v) is 2.45. The van der Waals surface area contributed by atoms with Gasteiger partial charge in [0, 0.05) is 27.3 Å². The summed E-state index contributed by atoms with van der Waals surface area (Å²) in [5.41, 5.74) is 0.634. The Hall–Kier alpha value is -1.85. The van der Waals surface area contributed by atoms with Crippen LogP contribution in [0.3, 0.4) is 0 Å². The molecular formula is C16H18Cl2N4O. The Bertz CT molecular complexity index is 721. The maximum atomic E-state index is 12.3. The van der Waals surface area contributed by atoms with Crippen LogP contribution in [0.5, 0.6) is 0 Å². The number of aryl methyl sites for hydroxylation is 1. The highest BCUT2D eigenvalue weighted by Crippen LogP contribution is 2.24. The molecule has 5 nitrogen and oxygen atoms in total. The van der Waals surface area contributed by atoms with Crippen LogP contribution in [-0.2, 0) is 0 Å². The molecule has 0 unspecified atom stereocenters. The number of carbonyl (C=O) groups excluding carboxylic acids is 1. The van der Waals surface area contributed by atoms with E-state index in [2.05, 4.69) is 20.6 Å². The normalized spacial score (nSPS) is 11.2. The van der Waals surface area contributed by atoms with Crippen molar-refractivity contribution in [1.29, 1.82) is 0 Å². The minimum absolute atomic E-state index is 0.254. The lowest BCUT2D eigenvalue weighted by molar-refractivity contribution is 0.0914. The van der Waals surface area contributed by atoms with Crippen molar-refractivity contribution in [2.24, 2.45) is 0 Å². The van der Waals surface area contributed by atoms with Crippen LogP contribution in [0.2, 0.25) is 10.0 Å². The van der Waals surface area contributed by atoms with Crippen LogP contribution in [0.25, 0.3) is 0 Å². The van der Waals surface area contributed by atoms with Gasteiger partial charge < -0.3 is 10.6 Å². The van der Waals surface area contributed by atoms with E-state index in [1.54, 1.807) is 31.2 Å². The molecule has 0 radical (unpaired) electrons. The first-order valence-electron chi connectivity index (χ1n) is 7.04. The van der Waals surface area contributed by atoms with Gasteiger partial charge >= 0.3 is 0 Å². The quantitative estimate of drug-likeness (QED) is 0.860. The van der Waals surface area contributed by atoms with E-state index >= 15 is 0 Å². The minimum atomic E-state index is -0.343. The molecule has 2 aromatic rings. The molecular weight excluding hydrogens is 335 g/mol. The molecule has 0 atom stereocenters. The number of halogens is 2. The first-order chi connectivity index (χ1) is 10.6. The number of hydrogen-bond acceptors (Lipinski definition) is 4. The Labute approximate surface area is 145 Å². The van der Waals surface area contributed by atoms with Gasteiger partial charge in [0.25, 0.3) is 5.91 Å². The zero-order chi connectivity index (χ0) is 17.2. The van der Waals surface area contributed by atoms with Crippen LogP contribution >= 0.6 is 23.2 Å². The molecule has 23 heavy (non-hydrogen) atoms. The molecule has 1 amide bonds. The van der Waals surface area contributed by atoms with Crippen LogP contribution in [-0.4, -0.2) is 21.4 Å². The summed E-state index contributed by atoms with van der Waals surface area (Å²) < 4.78 is 0. The summed E-state index contributed by atoms with van der Waals surface area (Å²) in [5.74, 6) is 0.729. The van der Waals surface area contributed by atoms with E-state index in [-0.39, 0.29) is 11.4 Å². The number of carbonyl (C=O) groups is 1. The zero-order valence-corrected chi connectivity index (χ0v) is 14.9. The van der Waals surface area contributed by atoms with E-state index < -0.39 is 0 Å². The van der Waals surface area contributed by atoms with Crippen molar-refractivity contribution in [1.82, 2.24) is 15.3 Å². The number of amides is 1. The lowest BCUT2D eigenvalue weighted by Gasteiger charge is -2.20. The number of nitrogens with zero attached hydrogens (tertiary/aromatic N) is 2. The molecule has 0 bridgehead atoms. The SMILES string of the molecule is Cc1nc(Nc2cc(Cl)cc(Cl)c2)cc(C(=O)NC(C)(C)C)n1. The van der Waals surface area contributed by atoms with Crippen molar-refractivity contribution in [3.8, 4) is 0 Å². The molecule has 0 aliphatic heterocycles. The van der Waals surface area contributed by atoms with Crippen molar-refractivity contribution < 1.29 is 4.79 Å². The van der Waals surface area contributed by atoms with Crippen LogP contribution in [0.1, 0.15) is 37.1 Å². The highest BCUT2D eigenvalue weighted by atomic mass is 35.5. The maximum Gasteiger partial charge on any atom is 0.270 e. The summed E-state index contributed by atoms with van der Waals surface area (Å²) >= 11 is 12.0. The van der Waals surface area contributed by atoms with Gasteiger partial charge in [-0.15, -0.1) is 0 Å². The van der Waals surface area contributed by atoms with Gasteiger partial charge in [0.2, 0.25) is 0 Å². The van der Waals surface area contributed by atoms with Gasteiger partial charge in [0.15, 0.2) is 0 Å². The first-order valence-corrected chi connectivity index (χ1v) is 7.79. The highest BCUT2D eigenvalue weighted by molar-refractivity contribution is 6.35. The summed E-state index contributed by atoms with van der Waals surface area (Å²) in [7, 11) is 0. The third kappa shape index (κ3) is 5.37. The molecule has 7 heteroatoms. The molecule has 1 heterocycles. The van der Waals surface area contributed by atoms with Crippen LogP contribution in [0, 0.1) is 6.92 Å². The monoisotopic (exact) mass is 352 g/mol. The molecule has 0 saturated heterocycles. The number of anilines is 2. The summed E-state index contributed by atoms with van der Waals surface area (Å²) in [4.78, 5) is 20.7. The molecule has 0 fully saturated rings. The lowest BCUT2D eigenvalue weighted by atomic mass is 10.1. The van der Waals surface area contributed by atoms with Gasteiger partial charge in [-0.3, -0.25) is 4.79 Å². The fraction of sp³-hybridized carbons (Fsp3) is 0.312. The van der Waals surface area contributed by atoms with Crippen LogP contribution < -0.4 is 10.6 Å². The van der Waals surface area contributed by atoms with E-state index in [1.165, 1.54) is 0 Å². The lowest BCUT2D eigenvalue weighted by Crippen LogP contribution is -2.41. The Kier molecular flexibility index (Phi) is 5.12. The molecule has 122 valence electrons. The minimum Gasteiger partial charge on any atom is -0.346 e. The predicted molar refractivity (Wildman–Crippen MR) is 93.7 cm³/mol. The second-order valence-electron chi connectivity index (χ2n) is 6.17. The van der Waals surface area contributed by atoms with Crippen molar-refractivity contribution in [2.75, 3.05) is 5.32 Å². The number of rotatable bonds is 3. The predicted octanol–water partition coefficient (Wildman–Crippen LogP) is 4.36. The smallest absolute Gasteiger partial charge is 0.270 e. The number of aromatic nitrogens is 2. The molecule has 2 N–H and O–H groups in total. The molecule has 0 spiro atoms. The third-order valence-electron chi connectivity index (χ3n) is 2.69. The number of nitrogens with one attached hydrogen (secondary N) is 2. The molecule has 1 aromatic heterocycles. The Morgan fingerprint density at radius 2 is 1.65 bits per heavy atom. The van der Waals surface area contributed by atoms with Crippen molar-refractivity contribution in [2.45, 2.75) is 33.2 Å². The molecule has 1 aromatic carbocycles. The summed E-state index contributed by atoms with van der Waals surface area (Å²) in [6.07, 6.45) is 0. The average Bonchev–Trinajstić information content (AvgIpc) is 2.34. The molecule has 0 aliphatic carbocycles. The van der Waals surface area contributed by atoms with Crippen molar-refractivity contribution in [3.63, 3.8) is 0 Å². The second-order valence-corrected chi connectivity index (χ2v) is 7.05. The summed E-state index contributed by atoms with van der Waals surface area (Å²) in [5, 5.41) is 6.98. The number of benzene rings is 1. The van der Waals surface area contributed by atoms with E-state index in [0.29, 0.717) is 33.1 Å². The zero-order valence-electron chi connectivity index (χ0n) is 13.4. The van der Waals surface area contributed by atoms with Crippen molar-refractivity contribution in [3.05, 3.63) is 45.8 Å². The van der Waals surface area contributed by atoms with E-state index in [4.69, 9.17) is 23.2 Å². The topological polar surface area (TPSA) is 66.9 Å². The summed E-state index contributed by atoms with van der Waals surface area (Å²) in [6.45, 7) is 7.45. The van der Waals surface area contributed by atoms with Gasteiger partial charge in [-0.05, 0) is 45.9 Å². The van der Waals surface area contributed by atoms with Gasteiger partial charge in [-0.2, -0.15) is 0 Å². The molecule has 0 saturated carbocycles. The number of hydrogen-bond donors (Lipinski definition) is 2. The van der Waals surface area contributed by atoms with E-state index in [9.17, 15) is 4.79 Å². The van der Waals surface area contributed by atoms with Crippen LogP contribution in [0.15, 0.2) is 24.3 Å². The van der Waals surface area contributed by atoms with Crippen molar-refractivity contribution >= 4 is 40.6 Å². The standard InChI is InChI=1S/C16H18Cl2N4O/c1-9-19-13(15(23)22-16(2,3)4)8-14(20-9)21-12-6-10(17)5-11(18)7-12/h5-8H,1-4H3,(H,22,23)(H,19,20,21). The average molecular weight is 353 g/mol. The maximum absolute atomic E-state index is 12.3. The van der Waals surface area contributed by atoms with Gasteiger partial charge in [0.1, 0.15) is 17.3 Å². The third-order valence-corrected chi connectivity index (χ3v) is 3.13. The summed E-state index contributed by atoms with van der Waals surface area (Å²) in [6, 6.07) is 6.67. The molecule has 0 aliphatic rings. The highest BCUT2D eigenvalue weighted by Gasteiger charge is 2.17. The first kappa shape index (κ1) is 17.5. The molecule has 2 rings (SSSR count). The second kappa shape index (κ2) is 6.72. The van der Waals surface area contributed by atoms with Gasteiger partial charge in [-0.1, -0.05) is 23.2 Å². The fourth-order valence-electron chi connectivity index (χ4n) is 1.93. The Morgan fingerprint density at radius 1 is 1.04 bits per heavy atom. The van der Waals surface area contributed by atoms with Gasteiger partial charge in [0.05, 0.1) is 0 Å².